The largest absolute Gasteiger partial charge is 0.457 e. The summed E-state index contributed by atoms with van der Waals surface area (Å²) in [5, 5.41) is 2.61. The van der Waals surface area contributed by atoms with Gasteiger partial charge in [-0.15, -0.1) is 0 Å². The van der Waals surface area contributed by atoms with Gasteiger partial charge in [-0.3, -0.25) is 9.69 Å². The Hall–Kier alpha value is -2.96. The molecule has 7 heteroatoms. The van der Waals surface area contributed by atoms with Crippen molar-refractivity contribution in [1.29, 1.82) is 0 Å². The first-order valence-corrected chi connectivity index (χ1v) is 9.44. The number of furan rings is 1. The molecule has 2 fully saturated rings. The minimum absolute atomic E-state index is 0.0738. The summed E-state index contributed by atoms with van der Waals surface area (Å²) in [7, 11) is 0. The number of nitrogens with zero attached hydrogens (tertiary/aromatic N) is 1. The summed E-state index contributed by atoms with van der Waals surface area (Å²) in [6.07, 6.45) is 7.39. The molecule has 1 aliphatic carbocycles. The van der Waals surface area contributed by atoms with Gasteiger partial charge in [0.1, 0.15) is 17.2 Å². The number of hydrogen-bond acceptors (Lipinski definition) is 3. The SMILES string of the molecule is O=C1N/C(=C\c2ccc(-c3ccc(F)c(F)c3)o2)C(=O)N1C1CCCCCC1. The second-order valence-corrected chi connectivity index (χ2v) is 7.14. The van der Waals surface area contributed by atoms with Crippen molar-refractivity contribution in [2.75, 3.05) is 0 Å². The van der Waals surface area contributed by atoms with Crippen LogP contribution >= 0.6 is 0 Å². The van der Waals surface area contributed by atoms with Crippen LogP contribution in [0.25, 0.3) is 17.4 Å². The van der Waals surface area contributed by atoms with Crippen molar-refractivity contribution < 1.29 is 22.8 Å². The average Bonchev–Trinajstić information content (AvgIpc) is 3.12. The molecule has 1 aliphatic heterocycles. The van der Waals surface area contributed by atoms with Gasteiger partial charge in [0, 0.05) is 17.7 Å². The van der Waals surface area contributed by atoms with E-state index in [1.807, 2.05) is 0 Å². The first-order chi connectivity index (χ1) is 13.5. The van der Waals surface area contributed by atoms with Crippen LogP contribution < -0.4 is 5.32 Å². The highest BCUT2D eigenvalue weighted by molar-refractivity contribution is 6.14. The molecule has 2 aromatic rings. The van der Waals surface area contributed by atoms with E-state index in [1.165, 1.54) is 17.0 Å². The van der Waals surface area contributed by atoms with E-state index in [9.17, 15) is 18.4 Å². The standard InChI is InChI=1S/C21H20F2N2O3/c22-16-9-7-13(11-17(16)23)19-10-8-15(28-19)12-18-20(26)25(21(27)24-18)14-5-3-1-2-4-6-14/h7-12,14H,1-6H2,(H,24,27)/b18-12-. The van der Waals surface area contributed by atoms with Crippen LogP contribution in [0.1, 0.15) is 44.3 Å². The molecule has 5 nitrogen and oxygen atoms in total. The van der Waals surface area contributed by atoms with Gasteiger partial charge in [-0.05, 0) is 43.2 Å². The fourth-order valence-electron chi connectivity index (χ4n) is 3.77. The van der Waals surface area contributed by atoms with Crippen LogP contribution in [0, 0.1) is 11.6 Å². The number of hydrogen-bond donors (Lipinski definition) is 1. The molecule has 1 N–H and O–H groups in total. The van der Waals surface area contributed by atoms with Crippen LogP contribution in [0.2, 0.25) is 0 Å². The quantitative estimate of drug-likeness (QED) is 0.466. The lowest BCUT2D eigenvalue weighted by molar-refractivity contribution is -0.124. The third-order valence-electron chi connectivity index (χ3n) is 5.22. The highest BCUT2D eigenvalue weighted by Crippen LogP contribution is 2.28. The van der Waals surface area contributed by atoms with Gasteiger partial charge in [0.15, 0.2) is 11.6 Å². The molecule has 1 saturated heterocycles. The average molecular weight is 386 g/mol. The van der Waals surface area contributed by atoms with Crippen molar-refractivity contribution in [2.24, 2.45) is 0 Å². The second kappa shape index (κ2) is 7.58. The monoisotopic (exact) mass is 386 g/mol. The zero-order valence-electron chi connectivity index (χ0n) is 15.2. The van der Waals surface area contributed by atoms with E-state index in [-0.39, 0.29) is 17.6 Å². The highest BCUT2D eigenvalue weighted by atomic mass is 19.2. The van der Waals surface area contributed by atoms with Crippen LogP contribution in [0.5, 0.6) is 0 Å². The van der Waals surface area contributed by atoms with Crippen molar-refractivity contribution in [2.45, 2.75) is 44.6 Å². The molecule has 28 heavy (non-hydrogen) atoms. The third-order valence-corrected chi connectivity index (χ3v) is 5.22. The Kier molecular flexibility index (Phi) is 4.98. The molecular formula is C21H20F2N2O3. The molecule has 0 spiro atoms. The maximum atomic E-state index is 13.4. The van der Waals surface area contributed by atoms with E-state index < -0.39 is 17.7 Å². The number of nitrogens with one attached hydrogen (secondary N) is 1. The first kappa shape index (κ1) is 18.4. The predicted octanol–water partition coefficient (Wildman–Crippen LogP) is 4.84. The van der Waals surface area contributed by atoms with Gasteiger partial charge in [-0.1, -0.05) is 25.7 Å². The lowest BCUT2D eigenvalue weighted by atomic mass is 10.1. The normalized spacial score (nSPS) is 19.9. The zero-order chi connectivity index (χ0) is 19.7. The number of urea groups is 1. The lowest BCUT2D eigenvalue weighted by Crippen LogP contribution is -2.40. The number of carbonyl (C=O) groups is 2. The number of halogens is 2. The third kappa shape index (κ3) is 3.56. The molecule has 1 saturated carbocycles. The van der Waals surface area contributed by atoms with Gasteiger partial charge < -0.3 is 9.73 Å². The molecule has 3 amide bonds. The number of rotatable bonds is 3. The second-order valence-electron chi connectivity index (χ2n) is 7.14. The first-order valence-electron chi connectivity index (χ1n) is 9.44. The molecule has 1 aromatic heterocycles. The Morgan fingerprint density at radius 2 is 1.75 bits per heavy atom. The fourth-order valence-corrected chi connectivity index (χ4v) is 3.77. The Bertz CT molecular complexity index is 943. The van der Waals surface area contributed by atoms with E-state index >= 15 is 0 Å². The van der Waals surface area contributed by atoms with E-state index in [1.54, 1.807) is 12.1 Å². The van der Waals surface area contributed by atoms with Crippen molar-refractivity contribution in [3.05, 3.63) is 53.4 Å². The smallest absolute Gasteiger partial charge is 0.329 e. The summed E-state index contributed by atoms with van der Waals surface area (Å²) < 4.78 is 32.1. The Balaban J connectivity index is 1.54. The van der Waals surface area contributed by atoms with E-state index in [2.05, 4.69) is 5.32 Å². The topological polar surface area (TPSA) is 62.6 Å². The molecule has 4 rings (SSSR count). The minimum Gasteiger partial charge on any atom is -0.457 e. The van der Waals surface area contributed by atoms with Crippen molar-refractivity contribution >= 4 is 18.0 Å². The summed E-state index contributed by atoms with van der Waals surface area (Å²) in [5.41, 5.74) is 0.533. The summed E-state index contributed by atoms with van der Waals surface area (Å²) in [4.78, 5) is 26.4. The van der Waals surface area contributed by atoms with Gasteiger partial charge in [-0.2, -0.15) is 0 Å². The van der Waals surface area contributed by atoms with E-state index in [4.69, 9.17) is 4.42 Å². The Labute approximate surface area is 161 Å². The molecule has 1 aromatic carbocycles. The number of carbonyl (C=O) groups excluding carboxylic acids is 2. The zero-order valence-corrected chi connectivity index (χ0v) is 15.2. The Morgan fingerprint density at radius 1 is 1.00 bits per heavy atom. The fraction of sp³-hybridized carbons (Fsp3) is 0.333. The molecule has 0 bridgehead atoms. The predicted molar refractivity (Wildman–Crippen MR) is 98.9 cm³/mol. The lowest BCUT2D eigenvalue weighted by Gasteiger charge is -2.23. The molecule has 0 atom stereocenters. The molecule has 0 radical (unpaired) electrons. The number of benzene rings is 1. The summed E-state index contributed by atoms with van der Waals surface area (Å²) in [6, 6.07) is 6.20. The van der Waals surface area contributed by atoms with Gasteiger partial charge in [0.25, 0.3) is 5.91 Å². The summed E-state index contributed by atoms with van der Waals surface area (Å²) in [6.45, 7) is 0. The van der Waals surface area contributed by atoms with Crippen LogP contribution in [-0.4, -0.2) is 22.9 Å². The van der Waals surface area contributed by atoms with Gasteiger partial charge >= 0.3 is 6.03 Å². The summed E-state index contributed by atoms with van der Waals surface area (Å²) >= 11 is 0. The molecular weight excluding hydrogens is 366 g/mol. The van der Waals surface area contributed by atoms with Crippen molar-refractivity contribution in [3.63, 3.8) is 0 Å². The molecule has 146 valence electrons. The minimum atomic E-state index is -0.967. The van der Waals surface area contributed by atoms with Gasteiger partial charge in [0.05, 0.1) is 0 Å². The number of imide groups is 1. The van der Waals surface area contributed by atoms with Crippen LogP contribution in [0.15, 0.2) is 40.4 Å². The van der Waals surface area contributed by atoms with Crippen LogP contribution in [0.4, 0.5) is 13.6 Å². The molecule has 2 heterocycles. The molecule has 0 unspecified atom stereocenters. The van der Waals surface area contributed by atoms with Gasteiger partial charge in [-0.25, -0.2) is 13.6 Å². The van der Waals surface area contributed by atoms with E-state index in [0.29, 0.717) is 17.1 Å². The molecule has 2 aliphatic rings. The van der Waals surface area contributed by atoms with Gasteiger partial charge in [0.2, 0.25) is 0 Å². The van der Waals surface area contributed by atoms with Crippen LogP contribution in [0.3, 0.4) is 0 Å². The maximum absolute atomic E-state index is 13.4. The maximum Gasteiger partial charge on any atom is 0.329 e. The highest BCUT2D eigenvalue weighted by Gasteiger charge is 2.38. The Morgan fingerprint density at radius 3 is 2.46 bits per heavy atom. The van der Waals surface area contributed by atoms with Crippen LogP contribution in [-0.2, 0) is 4.79 Å². The van der Waals surface area contributed by atoms with Crippen molar-refractivity contribution in [3.8, 4) is 11.3 Å². The number of amides is 3. The van der Waals surface area contributed by atoms with Crippen molar-refractivity contribution in [1.82, 2.24) is 10.2 Å². The summed E-state index contributed by atoms with van der Waals surface area (Å²) in [5.74, 6) is -1.58. The van der Waals surface area contributed by atoms with E-state index in [0.717, 1.165) is 50.7 Å².